The molecular weight excluding hydrogens is 782 g/mol. The lowest BCUT2D eigenvalue weighted by Crippen LogP contribution is -2.11. The summed E-state index contributed by atoms with van der Waals surface area (Å²) in [6.07, 6.45) is 0. The van der Waals surface area contributed by atoms with E-state index < -0.39 is 0 Å². The number of thiol groups is 1. The molecule has 0 spiro atoms. The second-order valence-electron chi connectivity index (χ2n) is 12.3. The van der Waals surface area contributed by atoms with E-state index in [4.69, 9.17) is 34.2 Å². The predicted octanol–water partition coefficient (Wildman–Crippen LogP) is 14.7. The molecule has 2 aromatic heterocycles. The number of halogens is 2. The van der Waals surface area contributed by atoms with Crippen molar-refractivity contribution in [2.24, 2.45) is 0 Å². The highest BCUT2D eigenvalue weighted by molar-refractivity contribution is 9.10. The molecule has 0 radical (unpaired) electrons. The van der Waals surface area contributed by atoms with Gasteiger partial charge in [0.2, 0.25) is 0 Å². The molecule has 0 saturated heterocycles. The Hall–Kier alpha value is -4.76. The molecule has 0 unspecified atom stereocenters. The molecule has 52 heavy (non-hydrogen) atoms. The van der Waals surface area contributed by atoms with Crippen molar-refractivity contribution in [3.05, 3.63) is 167 Å². The van der Waals surface area contributed by atoms with Gasteiger partial charge in [0.05, 0.1) is 36.8 Å². The van der Waals surface area contributed by atoms with Crippen molar-refractivity contribution < 1.29 is 0 Å². The Labute approximate surface area is 328 Å². The van der Waals surface area contributed by atoms with E-state index in [2.05, 4.69) is 148 Å². The Kier molecular flexibility index (Phi) is 8.91. The molecule has 2 heterocycles. The van der Waals surface area contributed by atoms with Crippen LogP contribution in [0.4, 0.5) is 17.1 Å². The van der Waals surface area contributed by atoms with Crippen molar-refractivity contribution in [1.82, 2.24) is 9.97 Å². The maximum Gasteiger partial charge on any atom is 0.124 e. The number of rotatable bonds is 7. The van der Waals surface area contributed by atoms with E-state index in [1.807, 2.05) is 30.3 Å². The first-order chi connectivity index (χ1) is 25.5. The van der Waals surface area contributed by atoms with Crippen molar-refractivity contribution in [3.63, 3.8) is 0 Å². The quantitative estimate of drug-likeness (QED) is 0.163. The lowest BCUT2D eigenvalue weighted by Gasteiger charge is -2.28. The summed E-state index contributed by atoms with van der Waals surface area (Å²) in [6, 6.07) is 54.4. The van der Waals surface area contributed by atoms with Crippen LogP contribution in [0.1, 0.15) is 0 Å². The Balaban J connectivity index is 1.09. The van der Waals surface area contributed by atoms with E-state index in [1.165, 1.54) is 0 Å². The predicted molar refractivity (Wildman–Crippen MR) is 229 cm³/mol. The van der Waals surface area contributed by atoms with Crippen molar-refractivity contribution in [2.45, 2.75) is 4.90 Å². The van der Waals surface area contributed by atoms with E-state index in [0.29, 0.717) is 5.02 Å². The standard InChI is InChI=1S/C44H27BrClN3S3/c45-31-20-24-36(35(46)26-31)49(32-21-17-29(18-22-32)43-47-41-33(13-7-15-39(41)51-43)27-9-3-1-4-10-27)37-23-19-30(25-38(37)50)44-48-42-34(14-8-16-40(42)52-44)28-11-5-2-6-12-28/h1-26,50H. The molecule has 0 atom stereocenters. The summed E-state index contributed by atoms with van der Waals surface area (Å²) in [5, 5.41) is 2.54. The highest BCUT2D eigenvalue weighted by Gasteiger charge is 2.20. The third-order valence-corrected chi connectivity index (χ3v) is 12.3. The second kappa shape index (κ2) is 14.0. The average molecular weight is 809 g/mol. The van der Waals surface area contributed by atoms with E-state index in [1.54, 1.807) is 22.7 Å². The molecular formula is C44H27BrClN3S3. The number of fused-ring (bicyclic) bond motifs is 2. The minimum absolute atomic E-state index is 0.620. The molecule has 0 N–H and O–H groups in total. The van der Waals surface area contributed by atoms with Crippen LogP contribution in [0.3, 0.4) is 0 Å². The van der Waals surface area contributed by atoms with Crippen LogP contribution in [-0.2, 0) is 0 Å². The van der Waals surface area contributed by atoms with Gasteiger partial charge in [0, 0.05) is 37.3 Å². The first-order valence-electron chi connectivity index (χ1n) is 16.6. The molecule has 9 rings (SSSR count). The van der Waals surface area contributed by atoms with E-state index in [0.717, 1.165) is 90.3 Å². The Morgan fingerprint density at radius 2 is 1.06 bits per heavy atom. The third kappa shape index (κ3) is 6.23. The molecule has 0 aliphatic rings. The number of nitrogens with zero attached hydrogens (tertiary/aromatic N) is 3. The van der Waals surface area contributed by atoms with E-state index in [9.17, 15) is 0 Å². The number of hydrogen-bond acceptors (Lipinski definition) is 6. The molecule has 3 nitrogen and oxygen atoms in total. The number of hydrogen-bond donors (Lipinski definition) is 1. The van der Waals surface area contributed by atoms with Crippen LogP contribution >= 0.6 is 62.8 Å². The topological polar surface area (TPSA) is 29.0 Å². The minimum atomic E-state index is 0.620. The Morgan fingerprint density at radius 1 is 0.519 bits per heavy atom. The lowest BCUT2D eigenvalue weighted by molar-refractivity contribution is 1.23. The van der Waals surface area contributed by atoms with Crippen LogP contribution in [-0.4, -0.2) is 9.97 Å². The molecule has 9 aromatic rings. The van der Waals surface area contributed by atoms with Gasteiger partial charge in [-0.1, -0.05) is 112 Å². The van der Waals surface area contributed by atoms with Gasteiger partial charge in [-0.3, -0.25) is 0 Å². The van der Waals surface area contributed by atoms with Gasteiger partial charge < -0.3 is 4.90 Å². The average Bonchev–Trinajstić information content (AvgIpc) is 3.83. The first-order valence-corrected chi connectivity index (χ1v) is 19.8. The lowest BCUT2D eigenvalue weighted by atomic mass is 10.0. The summed E-state index contributed by atoms with van der Waals surface area (Å²) in [4.78, 5) is 13.2. The van der Waals surface area contributed by atoms with Gasteiger partial charge in [-0.05, 0) is 83.9 Å². The fraction of sp³-hybridized carbons (Fsp3) is 0. The van der Waals surface area contributed by atoms with Gasteiger partial charge in [0.1, 0.15) is 10.0 Å². The summed E-state index contributed by atoms with van der Waals surface area (Å²) in [6.45, 7) is 0. The van der Waals surface area contributed by atoms with Gasteiger partial charge in [-0.15, -0.1) is 35.3 Å². The molecule has 0 fully saturated rings. The van der Waals surface area contributed by atoms with Crippen LogP contribution < -0.4 is 4.90 Å². The second-order valence-corrected chi connectivity index (χ2v) is 16.1. The monoisotopic (exact) mass is 807 g/mol. The number of benzene rings is 7. The van der Waals surface area contributed by atoms with E-state index in [-0.39, 0.29) is 0 Å². The zero-order valence-corrected chi connectivity index (χ0v) is 32.2. The molecule has 0 aliphatic heterocycles. The van der Waals surface area contributed by atoms with Crippen molar-refractivity contribution in [3.8, 4) is 43.4 Å². The van der Waals surface area contributed by atoms with Gasteiger partial charge in [-0.25, -0.2) is 9.97 Å². The van der Waals surface area contributed by atoms with Crippen molar-refractivity contribution >= 4 is 100 Å². The molecule has 7 aromatic carbocycles. The SMILES string of the molecule is Sc1cc(-c2nc3c(-c4ccccc4)cccc3s2)ccc1N(c1ccc(-c2nc3c(-c4ccccc4)cccc3s2)cc1)c1ccc(Br)cc1Cl. The largest absolute Gasteiger partial charge is 0.308 e. The summed E-state index contributed by atoms with van der Waals surface area (Å²) in [5.74, 6) is 0. The summed E-state index contributed by atoms with van der Waals surface area (Å²) in [5.41, 5.74) is 11.4. The fourth-order valence-electron chi connectivity index (χ4n) is 6.51. The number of aromatic nitrogens is 2. The van der Waals surface area contributed by atoms with Crippen LogP contribution in [0.25, 0.3) is 63.8 Å². The van der Waals surface area contributed by atoms with Crippen LogP contribution in [0, 0.1) is 0 Å². The van der Waals surface area contributed by atoms with Gasteiger partial charge in [0.25, 0.3) is 0 Å². The summed E-state index contributed by atoms with van der Waals surface area (Å²) >= 11 is 19.0. The van der Waals surface area contributed by atoms with Gasteiger partial charge in [0.15, 0.2) is 0 Å². The molecule has 0 saturated carbocycles. The van der Waals surface area contributed by atoms with Crippen molar-refractivity contribution in [1.29, 1.82) is 0 Å². The Bertz CT molecular complexity index is 2730. The molecule has 0 amide bonds. The van der Waals surface area contributed by atoms with Gasteiger partial charge in [-0.2, -0.15) is 0 Å². The zero-order chi connectivity index (χ0) is 35.2. The molecule has 0 aliphatic carbocycles. The smallest absolute Gasteiger partial charge is 0.124 e. The van der Waals surface area contributed by atoms with E-state index >= 15 is 0 Å². The number of para-hydroxylation sites is 2. The summed E-state index contributed by atoms with van der Waals surface area (Å²) in [7, 11) is 0. The fourth-order valence-corrected chi connectivity index (χ4v) is 9.57. The Morgan fingerprint density at radius 3 is 1.62 bits per heavy atom. The highest BCUT2D eigenvalue weighted by atomic mass is 79.9. The first kappa shape index (κ1) is 33.1. The summed E-state index contributed by atoms with van der Waals surface area (Å²) < 4.78 is 3.22. The molecule has 250 valence electrons. The normalized spacial score (nSPS) is 11.4. The molecule has 0 bridgehead atoms. The van der Waals surface area contributed by atoms with Crippen LogP contribution in [0.15, 0.2) is 167 Å². The maximum absolute atomic E-state index is 6.94. The highest BCUT2D eigenvalue weighted by Crippen LogP contribution is 2.45. The van der Waals surface area contributed by atoms with Crippen molar-refractivity contribution in [2.75, 3.05) is 4.90 Å². The number of anilines is 3. The molecule has 8 heteroatoms. The third-order valence-electron chi connectivity index (χ3n) is 8.99. The van der Waals surface area contributed by atoms with Gasteiger partial charge >= 0.3 is 0 Å². The minimum Gasteiger partial charge on any atom is -0.308 e. The maximum atomic E-state index is 6.94. The van der Waals surface area contributed by atoms with Crippen LogP contribution in [0.5, 0.6) is 0 Å². The zero-order valence-electron chi connectivity index (χ0n) is 27.4. The van der Waals surface area contributed by atoms with Crippen LogP contribution in [0.2, 0.25) is 5.02 Å². The number of thiazole rings is 2.